The fourth-order valence-corrected chi connectivity index (χ4v) is 4.70. The molecule has 3 rings (SSSR count). The zero-order valence-corrected chi connectivity index (χ0v) is 23.9. The molecule has 1 unspecified atom stereocenters. The van der Waals surface area contributed by atoms with Crippen molar-refractivity contribution in [2.45, 2.75) is 97.7 Å². The second-order valence-corrected chi connectivity index (χ2v) is 11.8. The Bertz CT molecular complexity index is 1050. The summed E-state index contributed by atoms with van der Waals surface area (Å²) in [7, 11) is 0. The summed E-state index contributed by atoms with van der Waals surface area (Å²) in [5.41, 5.74) is 1.79. The van der Waals surface area contributed by atoms with Gasteiger partial charge in [-0.25, -0.2) is 8.78 Å². The smallest absolute Gasteiger partial charge is 0.237 e. The van der Waals surface area contributed by atoms with E-state index < -0.39 is 23.6 Å². The van der Waals surface area contributed by atoms with Gasteiger partial charge in [0.05, 0.1) is 11.1 Å². The van der Waals surface area contributed by atoms with Crippen LogP contribution in [0.1, 0.15) is 90.2 Å². The topological polar surface area (TPSA) is 70.2 Å². The van der Waals surface area contributed by atoms with Gasteiger partial charge in [0, 0.05) is 24.2 Å². The minimum Gasteiger partial charge on any atom is -0.352 e. The van der Waals surface area contributed by atoms with Crippen molar-refractivity contribution in [3.8, 4) is 0 Å². The van der Waals surface area contributed by atoms with E-state index in [1.54, 1.807) is 18.2 Å². The largest absolute Gasteiger partial charge is 0.352 e. The SMILES string of the molecule is CC(C)(C)C.CCC(c1cccc(Cl)c1F)[C@@H](NCc1ccc(F)cc1NC=O)C(=O)NC1CCCCC1. The van der Waals surface area contributed by atoms with Crippen LogP contribution in [0.2, 0.25) is 5.02 Å². The van der Waals surface area contributed by atoms with E-state index in [4.69, 9.17) is 11.6 Å². The summed E-state index contributed by atoms with van der Waals surface area (Å²) in [4.78, 5) is 24.3. The maximum Gasteiger partial charge on any atom is 0.237 e. The predicted octanol–water partition coefficient (Wildman–Crippen LogP) is 7.34. The number of hydrogen-bond donors (Lipinski definition) is 3. The van der Waals surface area contributed by atoms with Crippen molar-refractivity contribution in [2.75, 3.05) is 5.32 Å². The molecule has 0 radical (unpaired) electrons. The van der Waals surface area contributed by atoms with E-state index in [2.05, 4.69) is 43.6 Å². The van der Waals surface area contributed by atoms with Crippen LogP contribution in [0.5, 0.6) is 0 Å². The van der Waals surface area contributed by atoms with Gasteiger partial charge < -0.3 is 16.0 Å². The molecule has 210 valence electrons. The third-order valence-electron chi connectivity index (χ3n) is 6.26. The number of hydrogen-bond acceptors (Lipinski definition) is 3. The Morgan fingerprint density at radius 1 is 1.11 bits per heavy atom. The molecule has 0 aromatic heterocycles. The molecular formula is C30H42ClF2N3O2. The number of rotatable bonds is 10. The van der Waals surface area contributed by atoms with Crippen molar-refractivity contribution in [1.29, 1.82) is 0 Å². The number of anilines is 1. The van der Waals surface area contributed by atoms with Gasteiger partial charge in [0.25, 0.3) is 0 Å². The molecular weight excluding hydrogens is 508 g/mol. The van der Waals surface area contributed by atoms with Gasteiger partial charge in [-0.3, -0.25) is 9.59 Å². The Morgan fingerprint density at radius 3 is 2.37 bits per heavy atom. The molecule has 3 N–H and O–H groups in total. The van der Waals surface area contributed by atoms with Crippen molar-refractivity contribution in [3.05, 3.63) is 64.2 Å². The van der Waals surface area contributed by atoms with Crippen LogP contribution < -0.4 is 16.0 Å². The monoisotopic (exact) mass is 549 g/mol. The minimum absolute atomic E-state index is 0.00777. The van der Waals surface area contributed by atoms with Gasteiger partial charge in [0.1, 0.15) is 11.6 Å². The number of nitrogens with one attached hydrogen (secondary N) is 3. The van der Waals surface area contributed by atoms with Crippen LogP contribution in [-0.4, -0.2) is 24.4 Å². The van der Waals surface area contributed by atoms with Crippen LogP contribution in [0.25, 0.3) is 0 Å². The first kappa shape index (κ1) is 31.7. The fraction of sp³-hybridized carbons (Fsp3) is 0.533. The maximum absolute atomic E-state index is 14.9. The summed E-state index contributed by atoms with van der Waals surface area (Å²) in [6, 6.07) is 8.20. The average molecular weight is 550 g/mol. The number of benzene rings is 2. The summed E-state index contributed by atoms with van der Waals surface area (Å²) in [6.45, 7) is 10.8. The summed E-state index contributed by atoms with van der Waals surface area (Å²) in [5.74, 6) is -1.70. The summed E-state index contributed by atoms with van der Waals surface area (Å²) in [6.07, 6.45) is 6.12. The molecule has 2 aromatic carbocycles. The second-order valence-electron chi connectivity index (χ2n) is 11.4. The van der Waals surface area contributed by atoms with Gasteiger partial charge >= 0.3 is 0 Å². The quantitative estimate of drug-likeness (QED) is 0.271. The van der Waals surface area contributed by atoms with Crippen LogP contribution in [-0.2, 0) is 16.1 Å². The Balaban J connectivity index is 0.000000926. The molecule has 0 saturated heterocycles. The molecule has 0 aliphatic heterocycles. The highest BCUT2D eigenvalue weighted by Gasteiger charge is 2.32. The van der Waals surface area contributed by atoms with Crippen LogP contribution in [0, 0.1) is 17.0 Å². The summed E-state index contributed by atoms with van der Waals surface area (Å²) < 4.78 is 28.6. The van der Waals surface area contributed by atoms with Crippen molar-refractivity contribution in [1.82, 2.24) is 10.6 Å². The number of carbonyl (C=O) groups excluding carboxylic acids is 2. The summed E-state index contributed by atoms with van der Waals surface area (Å²) >= 11 is 6.03. The van der Waals surface area contributed by atoms with Crippen LogP contribution in [0.15, 0.2) is 36.4 Å². The number of amides is 2. The lowest BCUT2D eigenvalue weighted by molar-refractivity contribution is -0.124. The molecule has 2 atom stereocenters. The predicted molar refractivity (Wildman–Crippen MR) is 151 cm³/mol. The van der Waals surface area contributed by atoms with E-state index in [9.17, 15) is 18.4 Å². The van der Waals surface area contributed by atoms with Crippen LogP contribution in [0.3, 0.4) is 0 Å². The average Bonchev–Trinajstić information content (AvgIpc) is 2.84. The van der Waals surface area contributed by atoms with Crippen LogP contribution in [0.4, 0.5) is 14.5 Å². The van der Waals surface area contributed by atoms with Crippen molar-refractivity contribution >= 4 is 29.6 Å². The first-order chi connectivity index (χ1) is 17.9. The molecule has 2 aromatic rings. The zero-order chi connectivity index (χ0) is 28.3. The van der Waals surface area contributed by atoms with Gasteiger partial charge in [-0.2, -0.15) is 0 Å². The second kappa shape index (κ2) is 15.2. The normalized spacial score (nSPS) is 15.6. The lowest BCUT2D eigenvalue weighted by Crippen LogP contribution is -2.51. The molecule has 2 amide bonds. The van der Waals surface area contributed by atoms with Crippen molar-refractivity contribution < 1.29 is 18.4 Å². The summed E-state index contributed by atoms with van der Waals surface area (Å²) in [5, 5.41) is 8.87. The Hall–Kier alpha value is -2.51. The number of carbonyl (C=O) groups is 2. The van der Waals surface area contributed by atoms with E-state index >= 15 is 0 Å². The molecule has 8 heteroatoms. The Kier molecular flexibility index (Phi) is 12.7. The molecule has 0 spiro atoms. The van der Waals surface area contributed by atoms with Crippen molar-refractivity contribution in [3.63, 3.8) is 0 Å². The third kappa shape index (κ3) is 10.3. The van der Waals surface area contributed by atoms with Gasteiger partial charge in [-0.1, -0.05) is 83.7 Å². The van der Waals surface area contributed by atoms with Gasteiger partial charge in [0.2, 0.25) is 12.3 Å². The van der Waals surface area contributed by atoms with E-state index in [1.165, 1.54) is 18.2 Å². The van der Waals surface area contributed by atoms with E-state index in [0.717, 1.165) is 32.1 Å². The van der Waals surface area contributed by atoms with Gasteiger partial charge in [0.15, 0.2) is 0 Å². The van der Waals surface area contributed by atoms with E-state index in [1.807, 2.05) is 6.92 Å². The minimum atomic E-state index is -0.751. The Labute approximate surface area is 231 Å². The first-order valence-electron chi connectivity index (χ1n) is 13.4. The van der Waals surface area contributed by atoms with E-state index in [-0.39, 0.29) is 23.5 Å². The van der Waals surface area contributed by atoms with E-state index in [0.29, 0.717) is 35.1 Å². The molecule has 38 heavy (non-hydrogen) atoms. The third-order valence-corrected chi connectivity index (χ3v) is 6.55. The molecule has 0 heterocycles. The number of halogens is 3. The lowest BCUT2D eigenvalue weighted by Gasteiger charge is -2.31. The molecule has 0 bridgehead atoms. The molecule has 1 aliphatic carbocycles. The highest BCUT2D eigenvalue weighted by molar-refractivity contribution is 6.30. The maximum atomic E-state index is 14.9. The highest BCUT2D eigenvalue weighted by atomic mass is 35.5. The molecule has 1 fully saturated rings. The highest BCUT2D eigenvalue weighted by Crippen LogP contribution is 2.31. The standard InChI is InChI=1S/C25H30ClF2N3O2.C5H12/c1-2-19(20-9-6-10-21(26)23(20)28)24(25(33)31-18-7-4-3-5-8-18)29-14-16-11-12-17(27)13-22(16)30-15-32;1-5(2,3)4/h6,9-13,15,18-19,24,29H,2-5,7-8,14H2,1H3,(H,30,32)(H,31,33);1-4H3/t19?,24-;/m1./s1. The molecule has 1 aliphatic rings. The fourth-order valence-electron chi connectivity index (χ4n) is 4.52. The molecule has 5 nitrogen and oxygen atoms in total. The first-order valence-corrected chi connectivity index (χ1v) is 13.8. The zero-order valence-electron chi connectivity index (χ0n) is 23.2. The van der Waals surface area contributed by atoms with Crippen LogP contribution >= 0.6 is 11.6 Å². The Morgan fingerprint density at radius 2 is 1.76 bits per heavy atom. The molecule has 1 saturated carbocycles. The van der Waals surface area contributed by atoms with Crippen molar-refractivity contribution in [2.24, 2.45) is 5.41 Å². The lowest BCUT2D eigenvalue weighted by atomic mass is 9.87. The van der Waals surface area contributed by atoms with Gasteiger partial charge in [-0.15, -0.1) is 0 Å². The van der Waals surface area contributed by atoms with Gasteiger partial charge in [-0.05, 0) is 54.0 Å².